The first-order valence-electron chi connectivity index (χ1n) is 9.45. The Labute approximate surface area is 150 Å². The van der Waals surface area contributed by atoms with Crippen LogP contribution in [0.3, 0.4) is 0 Å². The molecule has 0 spiro atoms. The van der Waals surface area contributed by atoms with Crippen molar-refractivity contribution >= 4 is 5.97 Å². The second-order valence-electron chi connectivity index (χ2n) is 8.22. The number of carbonyl (C=O) groups is 1. The van der Waals surface area contributed by atoms with Crippen molar-refractivity contribution in [2.24, 2.45) is 17.3 Å². The molecule has 132 valence electrons. The fourth-order valence-electron chi connectivity index (χ4n) is 6.04. The van der Waals surface area contributed by atoms with Crippen molar-refractivity contribution in [1.29, 1.82) is 0 Å². The van der Waals surface area contributed by atoms with Gasteiger partial charge in [-0.1, -0.05) is 19.4 Å². The molecule has 0 N–H and O–H groups in total. The Morgan fingerprint density at radius 3 is 2.88 bits per heavy atom. The molecule has 0 heterocycles. The zero-order valence-electron chi connectivity index (χ0n) is 15.1. The van der Waals surface area contributed by atoms with Crippen LogP contribution in [-0.2, 0) is 16.0 Å². The summed E-state index contributed by atoms with van der Waals surface area (Å²) in [5, 5.41) is 0. The van der Waals surface area contributed by atoms with E-state index in [2.05, 4.69) is 25.2 Å². The van der Waals surface area contributed by atoms with Crippen LogP contribution < -0.4 is 4.74 Å². The highest BCUT2D eigenvalue weighted by atomic mass is 16.5. The minimum Gasteiger partial charge on any atom is -0.462 e. The zero-order chi connectivity index (χ0) is 17.6. The molecule has 3 aliphatic carbocycles. The van der Waals surface area contributed by atoms with Gasteiger partial charge in [-0.05, 0) is 79.5 Å². The Morgan fingerprint density at radius 1 is 1.28 bits per heavy atom. The van der Waals surface area contributed by atoms with E-state index in [1.165, 1.54) is 37.3 Å². The molecule has 3 nitrogen and oxygen atoms in total. The molecule has 0 saturated heterocycles. The third-order valence-electron chi connectivity index (χ3n) is 7.10. The van der Waals surface area contributed by atoms with Crippen molar-refractivity contribution in [2.75, 3.05) is 0 Å². The summed E-state index contributed by atoms with van der Waals surface area (Å²) in [6.45, 7) is 3.89. The highest BCUT2D eigenvalue weighted by molar-refractivity contribution is 5.66. The van der Waals surface area contributed by atoms with Crippen LogP contribution in [0.5, 0.6) is 5.75 Å². The predicted molar refractivity (Wildman–Crippen MR) is 96.1 cm³/mol. The van der Waals surface area contributed by atoms with Gasteiger partial charge < -0.3 is 9.47 Å². The lowest BCUT2D eigenvalue weighted by Gasteiger charge is -2.50. The van der Waals surface area contributed by atoms with E-state index in [0.717, 1.165) is 25.0 Å². The maximum absolute atomic E-state index is 11.5. The molecule has 0 unspecified atom stereocenters. The van der Waals surface area contributed by atoms with Crippen molar-refractivity contribution in [1.82, 2.24) is 0 Å². The average Bonchev–Trinajstić information content (AvgIpc) is 2.91. The van der Waals surface area contributed by atoms with E-state index in [0.29, 0.717) is 17.8 Å². The maximum atomic E-state index is 11.5. The molecular weight excluding hydrogens is 312 g/mol. The summed E-state index contributed by atoms with van der Waals surface area (Å²) in [5.41, 5.74) is 3.03. The van der Waals surface area contributed by atoms with Crippen molar-refractivity contribution in [3.63, 3.8) is 0 Å². The molecule has 4 rings (SSSR count). The minimum absolute atomic E-state index is 0.101. The van der Waals surface area contributed by atoms with Gasteiger partial charge in [0.1, 0.15) is 18.0 Å². The Balaban J connectivity index is 1.60. The third-order valence-corrected chi connectivity index (χ3v) is 7.10. The molecular formula is C22H26O3. The Kier molecular flexibility index (Phi) is 4.02. The summed E-state index contributed by atoms with van der Waals surface area (Å²) in [5.74, 6) is 2.62. The summed E-state index contributed by atoms with van der Waals surface area (Å²) in [6.07, 6.45) is 14.4. The van der Waals surface area contributed by atoms with Gasteiger partial charge >= 0.3 is 5.97 Å². The number of terminal acetylenes is 1. The number of ether oxygens (including phenoxy) is 2. The molecule has 0 radical (unpaired) electrons. The topological polar surface area (TPSA) is 35.5 Å². The first-order valence-corrected chi connectivity index (χ1v) is 9.45. The van der Waals surface area contributed by atoms with Gasteiger partial charge in [-0.15, -0.1) is 0 Å². The fourth-order valence-corrected chi connectivity index (χ4v) is 6.04. The summed E-state index contributed by atoms with van der Waals surface area (Å²) < 4.78 is 10.9. The van der Waals surface area contributed by atoms with E-state index in [9.17, 15) is 4.79 Å². The van der Waals surface area contributed by atoms with Crippen LogP contribution in [0.25, 0.3) is 0 Å². The number of rotatable bonds is 2. The fraction of sp³-hybridized carbons (Fsp3) is 0.591. The summed E-state index contributed by atoms with van der Waals surface area (Å²) in [6, 6.07) is 6.35. The Hall–Kier alpha value is -1.95. The SMILES string of the molecule is C#COc1ccc2c(c1)CC[C@@H]1[C@@H]2CC[C@]2(C)[C@@H](OC(C)=O)CC[C@@H]12. The van der Waals surface area contributed by atoms with Gasteiger partial charge in [-0.3, -0.25) is 4.79 Å². The number of aryl methyl sites for hydroxylation is 1. The average molecular weight is 338 g/mol. The second-order valence-corrected chi connectivity index (χ2v) is 8.22. The van der Waals surface area contributed by atoms with Gasteiger partial charge in [-0.2, -0.15) is 0 Å². The van der Waals surface area contributed by atoms with E-state index in [1.54, 1.807) is 0 Å². The number of hydrogen-bond donors (Lipinski definition) is 0. The molecule has 5 atom stereocenters. The Morgan fingerprint density at radius 2 is 2.12 bits per heavy atom. The third kappa shape index (κ3) is 2.63. The van der Waals surface area contributed by atoms with Crippen LogP contribution in [0.4, 0.5) is 0 Å². The van der Waals surface area contributed by atoms with Crippen molar-refractivity contribution in [3.8, 4) is 18.3 Å². The summed E-state index contributed by atoms with van der Waals surface area (Å²) in [4.78, 5) is 11.5. The smallest absolute Gasteiger partial charge is 0.302 e. The molecule has 0 aromatic heterocycles. The molecule has 1 aromatic carbocycles. The van der Waals surface area contributed by atoms with Crippen molar-refractivity contribution < 1.29 is 14.3 Å². The second kappa shape index (κ2) is 6.09. The first-order chi connectivity index (χ1) is 12.0. The van der Waals surface area contributed by atoms with E-state index < -0.39 is 0 Å². The monoisotopic (exact) mass is 338 g/mol. The number of esters is 1. The van der Waals surface area contributed by atoms with Gasteiger partial charge in [0.25, 0.3) is 0 Å². The molecule has 3 heteroatoms. The number of carbonyl (C=O) groups excluding carboxylic acids is 1. The lowest BCUT2D eigenvalue weighted by atomic mass is 9.55. The predicted octanol–water partition coefficient (Wildman–Crippen LogP) is 4.44. The van der Waals surface area contributed by atoms with E-state index >= 15 is 0 Å². The molecule has 3 aliphatic rings. The summed E-state index contributed by atoms with van der Waals surface area (Å²) in [7, 11) is 0. The number of fused-ring (bicyclic) bond motifs is 5. The van der Waals surface area contributed by atoms with Gasteiger partial charge in [0.2, 0.25) is 0 Å². The van der Waals surface area contributed by atoms with Crippen LogP contribution in [0, 0.1) is 29.8 Å². The van der Waals surface area contributed by atoms with Gasteiger partial charge in [0, 0.05) is 12.3 Å². The van der Waals surface area contributed by atoms with E-state index in [4.69, 9.17) is 15.9 Å². The zero-order valence-corrected chi connectivity index (χ0v) is 15.1. The highest BCUT2D eigenvalue weighted by Gasteiger charge is 2.56. The van der Waals surface area contributed by atoms with Crippen LogP contribution in [-0.4, -0.2) is 12.1 Å². The molecule has 2 saturated carbocycles. The van der Waals surface area contributed by atoms with Crippen molar-refractivity contribution in [2.45, 2.75) is 64.4 Å². The first kappa shape index (κ1) is 16.5. The highest BCUT2D eigenvalue weighted by Crippen LogP contribution is 2.61. The summed E-state index contributed by atoms with van der Waals surface area (Å²) >= 11 is 0. The van der Waals surface area contributed by atoms with Crippen LogP contribution in [0.15, 0.2) is 18.2 Å². The lowest BCUT2D eigenvalue weighted by molar-refractivity contribution is -0.154. The normalized spacial score (nSPS) is 35.7. The molecule has 0 amide bonds. The molecule has 0 bridgehead atoms. The molecule has 2 fully saturated rings. The van der Waals surface area contributed by atoms with Crippen LogP contribution in [0.1, 0.15) is 63.0 Å². The van der Waals surface area contributed by atoms with Crippen LogP contribution >= 0.6 is 0 Å². The van der Waals surface area contributed by atoms with Gasteiger partial charge in [0.15, 0.2) is 0 Å². The minimum atomic E-state index is -0.135. The maximum Gasteiger partial charge on any atom is 0.302 e. The molecule has 0 aliphatic heterocycles. The molecule has 25 heavy (non-hydrogen) atoms. The standard InChI is InChI=1S/C22H26O3/c1-4-24-16-6-8-17-15(13-16)5-7-19-18(17)11-12-22(3)20(19)9-10-21(22)25-14(2)23/h1,6,8,13,18-21H,5,7,9-12H2,2-3H3/t18-,19-,20+,21+,22+/m1/s1. The number of benzene rings is 1. The van der Waals surface area contributed by atoms with Gasteiger partial charge in [-0.25, -0.2) is 0 Å². The number of hydrogen-bond acceptors (Lipinski definition) is 3. The van der Waals surface area contributed by atoms with Gasteiger partial charge in [0.05, 0.1) is 0 Å². The van der Waals surface area contributed by atoms with E-state index in [-0.39, 0.29) is 17.5 Å². The van der Waals surface area contributed by atoms with Crippen molar-refractivity contribution in [3.05, 3.63) is 29.3 Å². The Bertz CT molecular complexity index is 731. The quantitative estimate of drug-likeness (QED) is 0.590. The van der Waals surface area contributed by atoms with Crippen LogP contribution in [0.2, 0.25) is 0 Å². The molecule has 1 aromatic rings. The largest absolute Gasteiger partial charge is 0.462 e. The van der Waals surface area contributed by atoms with E-state index in [1.807, 2.05) is 6.07 Å². The lowest BCUT2D eigenvalue weighted by Crippen LogP contribution is -2.45.